The lowest BCUT2D eigenvalue weighted by molar-refractivity contribution is 0.552. The second-order valence-corrected chi connectivity index (χ2v) is 6.48. The van der Waals surface area contributed by atoms with Gasteiger partial charge in [-0.3, -0.25) is 0 Å². The van der Waals surface area contributed by atoms with E-state index in [0.29, 0.717) is 6.04 Å². The van der Waals surface area contributed by atoms with Crippen LogP contribution in [-0.4, -0.2) is 16.1 Å². The lowest BCUT2D eigenvalue weighted by Gasteiger charge is -2.17. The number of hydrogen-bond acceptors (Lipinski definition) is 4. The predicted molar refractivity (Wildman–Crippen MR) is 88.2 cm³/mol. The lowest BCUT2D eigenvalue weighted by atomic mass is 10.0. The summed E-state index contributed by atoms with van der Waals surface area (Å²) in [6.07, 6.45) is 3.08. The van der Waals surface area contributed by atoms with Gasteiger partial charge in [0.1, 0.15) is 0 Å². The summed E-state index contributed by atoms with van der Waals surface area (Å²) in [6.45, 7) is 5.27. The quantitative estimate of drug-likeness (QED) is 0.812. The minimum atomic E-state index is 0.302. The van der Waals surface area contributed by atoms with Gasteiger partial charge in [-0.1, -0.05) is 52.8 Å². The van der Waals surface area contributed by atoms with Gasteiger partial charge in [0.25, 0.3) is 0 Å². The van der Waals surface area contributed by atoms with Crippen LogP contribution < -0.4 is 5.32 Å². The third-order valence-electron chi connectivity index (χ3n) is 3.17. The van der Waals surface area contributed by atoms with Crippen molar-refractivity contribution in [3.63, 3.8) is 0 Å². The Morgan fingerprint density at radius 2 is 2.20 bits per heavy atom. The van der Waals surface area contributed by atoms with E-state index in [1.165, 1.54) is 22.0 Å². The molecule has 0 amide bonds. The molecule has 0 radical (unpaired) electrons. The average Bonchev–Trinajstić information content (AvgIpc) is 2.87. The molecule has 0 fully saturated rings. The van der Waals surface area contributed by atoms with Gasteiger partial charge in [0, 0.05) is 10.5 Å². The van der Waals surface area contributed by atoms with E-state index in [4.69, 9.17) is 0 Å². The van der Waals surface area contributed by atoms with Crippen molar-refractivity contribution in [3.8, 4) is 0 Å². The smallest absolute Gasteiger partial charge is 0.0803 e. The van der Waals surface area contributed by atoms with Crippen LogP contribution in [0.2, 0.25) is 0 Å². The predicted octanol–water partition coefficient (Wildman–Crippen LogP) is 4.15. The highest BCUT2D eigenvalue weighted by Crippen LogP contribution is 2.26. The molecular formula is C15H20BrN3S. The van der Waals surface area contributed by atoms with Gasteiger partial charge in [0.2, 0.25) is 0 Å². The lowest BCUT2D eigenvalue weighted by Crippen LogP contribution is -2.23. The summed E-state index contributed by atoms with van der Waals surface area (Å²) >= 11 is 5.06. The molecule has 0 saturated carbocycles. The summed E-state index contributed by atoms with van der Waals surface area (Å²) in [5.41, 5.74) is 2.47. The molecular weight excluding hydrogens is 334 g/mol. The van der Waals surface area contributed by atoms with Crippen molar-refractivity contribution < 1.29 is 0 Å². The van der Waals surface area contributed by atoms with Crippen molar-refractivity contribution >= 4 is 27.5 Å². The molecule has 0 spiro atoms. The minimum absolute atomic E-state index is 0.302. The summed E-state index contributed by atoms with van der Waals surface area (Å²) in [6, 6.07) is 8.79. The Balaban J connectivity index is 2.20. The fourth-order valence-corrected chi connectivity index (χ4v) is 3.51. The van der Waals surface area contributed by atoms with Crippen molar-refractivity contribution in [1.82, 2.24) is 14.9 Å². The number of nitrogens with zero attached hydrogens (tertiary/aromatic N) is 2. The number of halogens is 1. The van der Waals surface area contributed by atoms with Crippen LogP contribution in [0, 0.1) is 0 Å². The molecule has 1 N–H and O–H groups in total. The monoisotopic (exact) mass is 353 g/mol. The minimum Gasteiger partial charge on any atom is -0.309 e. The number of aromatic nitrogens is 2. The van der Waals surface area contributed by atoms with Gasteiger partial charge in [0.05, 0.1) is 10.6 Å². The SMILES string of the molecule is CCCc1nnsc1C(Cc1cccc(Br)c1)NCC. The van der Waals surface area contributed by atoms with Gasteiger partial charge in [-0.2, -0.15) is 0 Å². The van der Waals surface area contributed by atoms with Crippen molar-refractivity contribution in [2.24, 2.45) is 0 Å². The Morgan fingerprint density at radius 3 is 2.90 bits per heavy atom. The van der Waals surface area contributed by atoms with Gasteiger partial charge in [-0.05, 0) is 48.6 Å². The summed E-state index contributed by atoms with van der Waals surface area (Å²) in [5, 5.41) is 7.85. The molecule has 1 unspecified atom stereocenters. The fraction of sp³-hybridized carbons (Fsp3) is 0.467. The Kier molecular flexibility index (Phi) is 6.13. The summed E-state index contributed by atoms with van der Waals surface area (Å²) in [5.74, 6) is 0. The van der Waals surface area contributed by atoms with E-state index in [0.717, 1.165) is 36.0 Å². The molecule has 0 aliphatic heterocycles. The van der Waals surface area contributed by atoms with Gasteiger partial charge in [-0.15, -0.1) is 5.10 Å². The van der Waals surface area contributed by atoms with E-state index < -0.39 is 0 Å². The number of nitrogens with one attached hydrogen (secondary N) is 1. The molecule has 2 rings (SSSR count). The van der Waals surface area contributed by atoms with Crippen molar-refractivity contribution in [3.05, 3.63) is 44.9 Å². The van der Waals surface area contributed by atoms with Crippen molar-refractivity contribution in [2.75, 3.05) is 6.54 Å². The Bertz CT molecular complexity index is 541. The van der Waals surface area contributed by atoms with Crippen LogP contribution in [0.4, 0.5) is 0 Å². The zero-order valence-electron chi connectivity index (χ0n) is 11.9. The van der Waals surface area contributed by atoms with Gasteiger partial charge >= 0.3 is 0 Å². The molecule has 1 atom stereocenters. The van der Waals surface area contributed by atoms with E-state index in [-0.39, 0.29) is 0 Å². The third kappa shape index (κ3) is 4.11. The van der Waals surface area contributed by atoms with E-state index in [1.807, 2.05) is 0 Å². The largest absolute Gasteiger partial charge is 0.309 e. The van der Waals surface area contributed by atoms with E-state index in [9.17, 15) is 0 Å². The first kappa shape index (κ1) is 15.6. The normalized spacial score (nSPS) is 12.6. The zero-order chi connectivity index (χ0) is 14.4. The van der Waals surface area contributed by atoms with Crippen LogP contribution in [0.15, 0.2) is 28.7 Å². The van der Waals surface area contributed by atoms with E-state index in [2.05, 4.69) is 68.9 Å². The van der Waals surface area contributed by atoms with Crippen molar-refractivity contribution in [2.45, 2.75) is 39.2 Å². The maximum Gasteiger partial charge on any atom is 0.0803 e. The summed E-state index contributed by atoms with van der Waals surface area (Å²) < 4.78 is 5.27. The number of hydrogen-bond donors (Lipinski definition) is 1. The first-order valence-electron chi connectivity index (χ1n) is 7.03. The second-order valence-electron chi connectivity index (χ2n) is 4.78. The molecule has 1 aromatic carbocycles. The Morgan fingerprint density at radius 1 is 1.35 bits per heavy atom. The molecule has 0 saturated heterocycles. The number of benzene rings is 1. The number of likely N-dealkylation sites (N-methyl/N-ethyl adjacent to an activating group) is 1. The molecule has 5 heteroatoms. The summed E-state index contributed by atoms with van der Waals surface area (Å²) in [4.78, 5) is 1.29. The van der Waals surface area contributed by atoms with Crippen LogP contribution in [0.1, 0.15) is 42.4 Å². The third-order valence-corrected chi connectivity index (χ3v) is 4.54. The van der Waals surface area contributed by atoms with E-state index in [1.54, 1.807) is 0 Å². The first-order chi connectivity index (χ1) is 9.74. The maximum absolute atomic E-state index is 4.29. The molecule has 108 valence electrons. The first-order valence-corrected chi connectivity index (χ1v) is 8.60. The van der Waals surface area contributed by atoms with Crippen LogP contribution in [0.25, 0.3) is 0 Å². The average molecular weight is 354 g/mol. The molecule has 20 heavy (non-hydrogen) atoms. The molecule has 1 heterocycles. The zero-order valence-corrected chi connectivity index (χ0v) is 14.3. The molecule has 3 nitrogen and oxygen atoms in total. The molecule has 0 aliphatic carbocycles. The van der Waals surface area contributed by atoms with Crippen molar-refractivity contribution in [1.29, 1.82) is 0 Å². The molecule has 0 bridgehead atoms. The standard InChI is InChI=1S/C15H20BrN3S/c1-3-6-13-15(20-19-18-13)14(17-4-2)10-11-7-5-8-12(16)9-11/h5,7-9,14,17H,3-4,6,10H2,1-2H3. The van der Waals surface area contributed by atoms with Gasteiger partial charge < -0.3 is 5.32 Å². The Hall–Kier alpha value is -0.780. The highest BCUT2D eigenvalue weighted by molar-refractivity contribution is 9.10. The fourth-order valence-electron chi connectivity index (χ4n) is 2.29. The van der Waals surface area contributed by atoms with E-state index >= 15 is 0 Å². The van der Waals surface area contributed by atoms with Crippen LogP contribution in [0.3, 0.4) is 0 Å². The summed E-state index contributed by atoms with van der Waals surface area (Å²) in [7, 11) is 0. The highest BCUT2D eigenvalue weighted by Gasteiger charge is 2.18. The van der Waals surface area contributed by atoms with Gasteiger partial charge in [0.15, 0.2) is 0 Å². The highest BCUT2D eigenvalue weighted by atomic mass is 79.9. The molecule has 1 aromatic heterocycles. The second kappa shape index (κ2) is 7.86. The topological polar surface area (TPSA) is 37.8 Å². The number of aryl methyl sites for hydroxylation is 1. The van der Waals surface area contributed by atoms with Gasteiger partial charge in [-0.25, -0.2) is 0 Å². The van der Waals surface area contributed by atoms with Crippen LogP contribution >= 0.6 is 27.5 Å². The Labute approximate surface area is 133 Å². The molecule has 0 aliphatic rings. The maximum atomic E-state index is 4.29. The van der Waals surface area contributed by atoms with Crippen LogP contribution in [0.5, 0.6) is 0 Å². The molecule has 2 aromatic rings. The number of rotatable bonds is 7. The van der Waals surface area contributed by atoms with Crippen LogP contribution in [-0.2, 0) is 12.8 Å².